The van der Waals surface area contributed by atoms with E-state index in [1.165, 1.54) is 52.6 Å². The summed E-state index contributed by atoms with van der Waals surface area (Å²) in [4.78, 5) is 2.33. The molecule has 1 nitrogen and oxygen atoms in total. The SMILES string of the molecule is CC1=CC2(c3ccccc3-c3cc(Cl)c(N(c4ccccc4)c4ccc(-c5ccccc5)cc4)cc32)C2CC(C)CC1C2. The first-order valence-electron chi connectivity index (χ1n) is 15.7. The number of hydrogen-bond donors (Lipinski definition) is 0. The van der Waals surface area contributed by atoms with Crippen LogP contribution in [0.15, 0.2) is 133 Å². The smallest absolute Gasteiger partial charge is 0.0653 e. The molecule has 1 fully saturated rings. The van der Waals surface area contributed by atoms with Crippen molar-refractivity contribution in [2.24, 2.45) is 17.8 Å². The van der Waals surface area contributed by atoms with Crippen LogP contribution in [0, 0.1) is 17.8 Å². The minimum absolute atomic E-state index is 0.125. The zero-order valence-corrected chi connectivity index (χ0v) is 25.6. The second-order valence-electron chi connectivity index (χ2n) is 12.9. The molecular formula is C41H36ClN. The Labute approximate surface area is 260 Å². The number of anilines is 3. The molecule has 212 valence electrons. The number of halogens is 1. The van der Waals surface area contributed by atoms with Gasteiger partial charge in [0.2, 0.25) is 0 Å². The maximum Gasteiger partial charge on any atom is 0.0653 e. The van der Waals surface area contributed by atoms with Gasteiger partial charge in [-0.05, 0) is 114 Å². The minimum Gasteiger partial charge on any atom is -0.309 e. The molecular weight excluding hydrogens is 542 g/mol. The summed E-state index contributed by atoms with van der Waals surface area (Å²) in [7, 11) is 0. The number of benzene rings is 5. The van der Waals surface area contributed by atoms with E-state index in [9.17, 15) is 0 Å². The highest BCUT2D eigenvalue weighted by Gasteiger charge is 2.52. The van der Waals surface area contributed by atoms with Gasteiger partial charge in [-0.1, -0.05) is 115 Å². The Hall–Kier alpha value is -4.07. The van der Waals surface area contributed by atoms with Crippen LogP contribution in [0.5, 0.6) is 0 Å². The van der Waals surface area contributed by atoms with Crippen LogP contribution in [-0.4, -0.2) is 0 Å². The Morgan fingerprint density at radius 3 is 2.07 bits per heavy atom. The summed E-state index contributed by atoms with van der Waals surface area (Å²) >= 11 is 7.32. The second kappa shape index (κ2) is 10.3. The highest BCUT2D eigenvalue weighted by molar-refractivity contribution is 6.34. The molecule has 1 saturated carbocycles. The maximum atomic E-state index is 7.32. The quantitative estimate of drug-likeness (QED) is 0.192. The third-order valence-corrected chi connectivity index (χ3v) is 10.7. The molecule has 0 saturated heterocycles. The van der Waals surface area contributed by atoms with E-state index in [0.29, 0.717) is 11.8 Å². The van der Waals surface area contributed by atoms with Crippen LogP contribution in [0.25, 0.3) is 22.3 Å². The molecule has 43 heavy (non-hydrogen) atoms. The van der Waals surface area contributed by atoms with Crippen molar-refractivity contribution in [3.63, 3.8) is 0 Å². The monoisotopic (exact) mass is 577 g/mol. The average Bonchev–Trinajstić information content (AvgIpc) is 3.30. The molecule has 0 amide bonds. The van der Waals surface area contributed by atoms with Crippen molar-refractivity contribution in [2.45, 2.75) is 38.5 Å². The van der Waals surface area contributed by atoms with Crippen LogP contribution < -0.4 is 4.90 Å². The Bertz CT molecular complexity index is 1840. The first-order chi connectivity index (χ1) is 21.0. The summed E-state index contributed by atoms with van der Waals surface area (Å²) < 4.78 is 0. The number of para-hydroxylation sites is 1. The van der Waals surface area contributed by atoms with Crippen molar-refractivity contribution in [3.05, 3.63) is 149 Å². The average molecular weight is 578 g/mol. The predicted molar refractivity (Wildman–Crippen MR) is 182 cm³/mol. The largest absolute Gasteiger partial charge is 0.309 e. The molecule has 0 aromatic heterocycles. The Morgan fingerprint density at radius 1 is 0.651 bits per heavy atom. The molecule has 2 bridgehead atoms. The molecule has 0 aliphatic heterocycles. The molecule has 4 atom stereocenters. The predicted octanol–water partition coefficient (Wildman–Crippen LogP) is 11.8. The number of hydrogen-bond acceptors (Lipinski definition) is 1. The molecule has 3 aliphatic rings. The van der Waals surface area contributed by atoms with E-state index in [2.05, 4.69) is 146 Å². The first-order valence-corrected chi connectivity index (χ1v) is 16.0. The molecule has 8 rings (SSSR count). The lowest BCUT2D eigenvalue weighted by Gasteiger charge is -2.49. The standard InChI is InChI=1S/C41H36ClN/c1-27-21-31-23-32(22-27)41(26-28(31)2)37-16-10-9-15-35(37)36-24-39(42)40(25-38(36)41)43(33-13-7-4-8-14-33)34-19-17-30(18-20-34)29-11-5-3-6-12-29/h3-20,24-27,31-32H,21-23H2,1-2H3. The normalized spacial score (nSPS) is 23.4. The van der Waals surface area contributed by atoms with Crippen LogP contribution in [0.1, 0.15) is 44.2 Å². The Morgan fingerprint density at radius 2 is 1.30 bits per heavy atom. The third-order valence-electron chi connectivity index (χ3n) is 10.4. The minimum atomic E-state index is -0.125. The summed E-state index contributed by atoms with van der Waals surface area (Å²) in [5.41, 5.74) is 12.6. The first kappa shape index (κ1) is 26.5. The van der Waals surface area contributed by atoms with Crippen molar-refractivity contribution in [1.82, 2.24) is 0 Å². The molecule has 2 heteroatoms. The second-order valence-corrected chi connectivity index (χ2v) is 13.3. The molecule has 5 aromatic rings. The van der Waals surface area contributed by atoms with E-state index >= 15 is 0 Å². The van der Waals surface area contributed by atoms with Gasteiger partial charge in [0.25, 0.3) is 0 Å². The fraction of sp³-hybridized carbons (Fsp3) is 0.220. The lowest BCUT2D eigenvalue weighted by Crippen LogP contribution is -2.42. The van der Waals surface area contributed by atoms with Gasteiger partial charge in [0.1, 0.15) is 0 Å². The van der Waals surface area contributed by atoms with E-state index in [0.717, 1.165) is 28.0 Å². The lowest BCUT2D eigenvalue weighted by atomic mass is 9.55. The highest BCUT2D eigenvalue weighted by Crippen LogP contribution is 2.62. The lowest BCUT2D eigenvalue weighted by molar-refractivity contribution is 0.168. The van der Waals surface area contributed by atoms with Crippen molar-refractivity contribution < 1.29 is 0 Å². The van der Waals surface area contributed by atoms with Crippen LogP contribution in [0.3, 0.4) is 0 Å². The van der Waals surface area contributed by atoms with Crippen LogP contribution in [0.2, 0.25) is 5.02 Å². The third kappa shape index (κ3) is 4.20. The zero-order chi connectivity index (χ0) is 29.1. The molecule has 0 heterocycles. The van der Waals surface area contributed by atoms with Gasteiger partial charge in [-0.2, -0.15) is 0 Å². The van der Waals surface area contributed by atoms with E-state index < -0.39 is 0 Å². The van der Waals surface area contributed by atoms with Crippen molar-refractivity contribution in [3.8, 4) is 22.3 Å². The molecule has 0 N–H and O–H groups in total. The number of rotatable bonds is 4. The van der Waals surface area contributed by atoms with Gasteiger partial charge >= 0.3 is 0 Å². The number of fused-ring (bicyclic) bond motifs is 8. The fourth-order valence-electron chi connectivity index (χ4n) is 8.50. The van der Waals surface area contributed by atoms with Crippen LogP contribution >= 0.6 is 11.6 Å². The topological polar surface area (TPSA) is 3.24 Å². The Kier molecular flexibility index (Phi) is 6.35. The van der Waals surface area contributed by atoms with Gasteiger partial charge in [0.05, 0.1) is 10.7 Å². The number of nitrogens with zero attached hydrogens (tertiary/aromatic N) is 1. The summed E-state index contributed by atoms with van der Waals surface area (Å²) in [6.45, 7) is 4.83. The molecule has 4 unspecified atom stereocenters. The van der Waals surface area contributed by atoms with Crippen LogP contribution in [-0.2, 0) is 5.41 Å². The van der Waals surface area contributed by atoms with Crippen molar-refractivity contribution >= 4 is 28.7 Å². The molecule has 1 spiro atoms. The van der Waals surface area contributed by atoms with Gasteiger partial charge in [0, 0.05) is 16.8 Å². The highest BCUT2D eigenvalue weighted by atomic mass is 35.5. The molecule has 0 radical (unpaired) electrons. The maximum absolute atomic E-state index is 7.32. The summed E-state index contributed by atoms with van der Waals surface area (Å²) in [6.07, 6.45) is 6.49. The van der Waals surface area contributed by atoms with E-state index in [-0.39, 0.29) is 5.41 Å². The van der Waals surface area contributed by atoms with Gasteiger partial charge < -0.3 is 4.90 Å². The van der Waals surface area contributed by atoms with Crippen LogP contribution in [0.4, 0.5) is 17.1 Å². The summed E-state index contributed by atoms with van der Waals surface area (Å²) in [5.74, 6) is 2.01. The van der Waals surface area contributed by atoms with E-state index in [4.69, 9.17) is 11.6 Å². The van der Waals surface area contributed by atoms with Crippen molar-refractivity contribution in [1.29, 1.82) is 0 Å². The fourth-order valence-corrected chi connectivity index (χ4v) is 8.75. The van der Waals surface area contributed by atoms with Gasteiger partial charge in [-0.3, -0.25) is 0 Å². The van der Waals surface area contributed by atoms with E-state index in [1.54, 1.807) is 5.57 Å². The van der Waals surface area contributed by atoms with Gasteiger partial charge in [0.15, 0.2) is 0 Å². The zero-order valence-electron chi connectivity index (χ0n) is 24.8. The number of allylic oxidation sites excluding steroid dienone is 2. The summed E-state index contributed by atoms with van der Waals surface area (Å²) in [5, 5.41) is 0.771. The van der Waals surface area contributed by atoms with Gasteiger partial charge in [-0.15, -0.1) is 0 Å². The Balaban J connectivity index is 1.33. The molecule has 3 aliphatic carbocycles. The van der Waals surface area contributed by atoms with Gasteiger partial charge in [-0.25, -0.2) is 0 Å². The van der Waals surface area contributed by atoms with E-state index in [1.807, 2.05) is 0 Å². The molecule has 5 aromatic carbocycles. The van der Waals surface area contributed by atoms with Crippen molar-refractivity contribution in [2.75, 3.05) is 4.90 Å². The summed E-state index contributed by atoms with van der Waals surface area (Å²) in [6, 6.07) is 43.9.